The second-order valence-corrected chi connectivity index (χ2v) is 3.28. The fourth-order valence-corrected chi connectivity index (χ4v) is 0.975. The summed E-state index contributed by atoms with van der Waals surface area (Å²) in [5, 5.41) is 10.9. The molecule has 0 aromatic heterocycles. The van der Waals surface area contributed by atoms with Crippen molar-refractivity contribution < 1.29 is 14.8 Å². The van der Waals surface area contributed by atoms with Crippen LogP contribution in [0.4, 0.5) is 0 Å². The van der Waals surface area contributed by atoms with Gasteiger partial charge in [0.05, 0.1) is 5.03 Å². The van der Waals surface area contributed by atoms with Crippen molar-refractivity contribution in [3.8, 4) is 0 Å². The molecule has 3 N–H and O–H groups in total. The predicted molar refractivity (Wildman–Crippen MR) is 54.7 cm³/mol. The highest BCUT2D eigenvalue weighted by molar-refractivity contribution is 7.84. The second kappa shape index (κ2) is 7.40. The molecule has 0 saturated carbocycles. The minimum Gasteiger partial charge on any atom is -0.321 e. The molecule has 0 aromatic rings. The van der Waals surface area contributed by atoms with E-state index < -0.39 is 5.91 Å². The molecule has 0 spiro atoms. The van der Waals surface area contributed by atoms with E-state index in [0.717, 1.165) is 0 Å². The average Bonchev–Trinajstić information content (AvgIpc) is 2.10. The van der Waals surface area contributed by atoms with Gasteiger partial charge in [-0.3, -0.25) is 14.8 Å². The van der Waals surface area contributed by atoms with Gasteiger partial charge < -0.3 is 5.32 Å². The number of unbranched alkanes of at least 4 members (excludes halogenated alkanes) is 1. The van der Waals surface area contributed by atoms with Crippen LogP contribution in [-0.4, -0.2) is 17.0 Å². The number of carbonyl (C=O) groups excluding carboxylic acids is 2. The van der Waals surface area contributed by atoms with Crippen molar-refractivity contribution in [2.45, 2.75) is 25.7 Å². The SMILES string of the molecule is C=C(S)NC(=O)CCCCC(=O)NO. The molecular formula is C8H14N2O3S. The van der Waals surface area contributed by atoms with Crippen LogP contribution in [-0.2, 0) is 9.59 Å². The van der Waals surface area contributed by atoms with Crippen molar-refractivity contribution in [2.24, 2.45) is 0 Å². The number of rotatable bonds is 6. The van der Waals surface area contributed by atoms with Gasteiger partial charge in [0.15, 0.2) is 0 Å². The van der Waals surface area contributed by atoms with E-state index in [1.807, 2.05) is 0 Å². The summed E-state index contributed by atoms with van der Waals surface area (Å²) in [4.78, 5) is 21.5. The van der Waals surface area contributed by atoms with Crippen molar-refractivity contribution >= 4 is 24.4 Å². The number of amides is 2. The van der Waals surface area contributed by atoms with Crippen molar-refractivity contribution in [2.75, 3.05) is 0 Å². The molecule has 0 aliphatic carbocycles. The highest BCUT2D eigenvalue weighted by Crippen LogP contribution is 2.00. The van der Waals surface area contributed by atoms with E-state index in [0.29, 0.717) is 24.3 Å². The molecule has 0 aliphatic heterocycles. The van der Waals surface area contributed by atoms with Crippen molar-refractivity contribution in [3.05, 3.63) is 11.6 Å². The normalized spacial score (nSPS) is 9.29. The largest absolute Gasteiger partial charge is 0.321 e. The number of hydroxylamine groups is 1. The maximum Gasteiger partial charge on any atom is 0.243 e. The molecule has 0 fully saturated rings. The van der Waals surface area contributed by atoms with E-state index in [1.165, 1.54) is 5.48 Å². The number of hydrogen-bond acceptors (Lipinski definition) is 4. The summed E-state index contributed by atoms with van der Waals surface area (Å²) >= 11 is 3.81. The lowest BCUT2D eigenvalue weighted by atomic mass is 10.2. The summed E-state index contributed by atoms with van der Waals surface area (Å²) < 4.78 is 0. The lowest BCUT2D eigenvalue weighted by Gasteiger charge is -2.02. The molecule has 0 atom stereocenters. The quantitative estimate of drug-likeness (QED) is 0.228. The van der Waals surface area contributed by atoms with Gasteiger partial charge in [-0.2, -0.15) is 0 Å². The van der Waals surface area contributed by atoms with Crippen LogP contribution in [0.15, 0.2) is 11.6 Å². The van der Waals surface area contributed by atoms with Gasteiger partial charge >= 0.3 is 0 Å². The Labute approximate surface area is 87.9 Å². The molecule has 5 nitrogen and oxygen atoms in total. The first-order valence-corrected chi connectivity index (χ1v) is 4.61. The third-order valence-corrected chi connectivity index (χ3v) is 1.58. The fourth-order valence-electron chi connectivity index (χ4n) is 0.850. The second-order valence-electron chi connectivity index (χ2n) is 2.74. The van der Waals surface area contributed by atoms with E-state index in [1.54, 1.807) is 0 Å². The summed E-state index contributed by atoms with van der Waals surface area (Å²) in [5.41, 5.74) is 1.52. The van der Waals surface area contributed by atoms with E-state index >= 15 is 0 Å². The average molecular weight is 218 g/mol. The van der Waals surface area contributed by atoms with Crippen LogP contribution in [0.1, 0.15) is 25.7 Å². The maximum absolute atomic E-state index is 11.0. The monoisotopic (exact) mass is 218 g/mol. The van der Waals surface area contributed by atoms with Crippen LogP contribution >= 0.6 is 12.6 Å². The van der Waals surface area contributed by atoms with Crippen LogP contribution < -0.4 is 10.8 Å². The first kappa shape index (κ1) is 13.0. The minimum atomic E-state index is -0.441. The highest BCUT2D eigenvalue weighted by atomic mass is 32.1. The van der Waals surface area contributed by atoms with Crippen LogP contribution in [0.5, 0.6) is 0 Å². The van der Waals surface area contributed by atoms with Gasteiger partial charge in [-0.25, -0.2) is 5.48 Å². The Kier molecular flexibility index (Phi) is 6.87. The Bertz CT molecular complexity index is 231. The number of carbonyl (C=O) groups is 2. The first-order valence-electron chi connectivity index (χ1n) is 4.17. The Morgan fingerprint density at radius 3 is 2.14 bits per heavy atom. The third-order valence-electron chi connectivity index (χ3n) is 1.47. The molecule has 0 aliphatic rings. The standard InChI is InChI=1S/C8H14N2O3S/c1-6(14)9-7(11)4-2-3-5-8(12)10-13/h13-14H,1-5H2,(H,9,11)(H,10,12). The zero-order chi connectivity index (χ0) is 11.0. The molecule has 80 valence electrons. The molecule has 0 heterocycles. The van der Waals surface area contributed by atoms with E-state index in [4.69, 9.17) is 5.21 Å². The zero-order valence-electron chi connectivity index (χ0n) is 7.75. The maximum atomic E-state index is 11.0. The summed E-state index contributed by atoms with van der Waals surface area (Å²) in [7, 11) is 0. The molecule has 0 aromatic carbocycles. The molecule has 0 saturated heterocycles. The van der Waals surface area contributed by atoms with E-state index in [2.05, 4.69) is 24.5 Å². The van der Waals surface area contributed by atoms with Crippen LogP contribution in [0.2, 0.25) is 0 Å². The minimum absolute atomic E-state index is 0.172. The smallest absolute Gasteiger partial charge is 0.243 e. The summed E-state index contributed by atoms with van der Waals surface area (Å²) in [6, 6.07) is 0. The first-order chi connectivity index (χ1) is 6.56. The number of hydrogen-bond donors (Lipinski definition) is 4. The Morgan fingerprint density at radius 2 is 1.71 bits per heavy atom. The molecule has 0 bridgehead atoms. The van der Waals surface area contributed by atoms with Crippen LogP contribution in [0, 0.1) is 0 Å². The van der Waals surface area contributed by atoms with Crippen LogP contribution in [0.3, 0.4) is 0 Å². The number of thiol groups is 1. The topological polar surface area (TPSA) is 78.4 Å². The van der Waals surface area contributed by atoms with Crippen molar-refractivity contribution in [1.29, 1.82) is 0 Å². The van der Waals surface area contributed by atoms with Gasteiger partial charge in [0.2, 0.25) is 11.8 Å². The van der Waals surface area contributed by atoms with Crippen molar-refractivity contribution in [1.82, 2.24) is 10.8 Å². The Morgan fingerprint density at radius 1 is 1.21 bits per heavy atom. The van der Waals surface area contributed by atoms with Gasteiger partial charge in [0.25, 0.3) is 0 Å². The number of nitrogens with one attached hydrogen (secondary N) is 2. The van der Waals surface area contributed by atoms with Gasteiger partial charge in [-0.05, 0) is 12.8 Å². The predicted octanol–water partition coefficient (Wildman–Crippen LogP) is 0.569. The molecule has 6 heteroatoms. The molecule has 2 amide bonds. The van der Waals surface area contributed by atoms with Gasteiger partial charge in [-0.1, -0.05) is 6.58 Å². The lowest BCUT2D eigenvalue weighted by molar-refractivity contribution is -0.129. The summed E-state index contributed by atoms with van der Waals surface area (Å²) in [6.45, 7) is 3.40. The fraction of sp³-hybridized carbons (Fsp3) is 0.500. The Balaban J connectivity index is 3.40. The van der Waals surface area contributed by atoms with Crippen molar-refractivity contribution in [3.63, 3.8) is 0 Å². The third kappa shape index (κ3) is 7.63. The van der Waals surface area contributed by atoms with Gasteiger partial charge in [0, 0.05) is 12.8 Å². The summed E-state index contributed by atoms with van der Waals surface area (Å²) in [6.07, 6.45) is 1.67. The molecule has 0 radical (unpaired) electrons. The van der Waals surface area contributed by atoms with E-state index in [-0.39, 0.29) is 12.3 Å². The highest BCUT2D eigenvalue weighted by Gasteiger charge is 2.02. The Hall–Kier alpha value is -1.01. The molecule has 0 unspecified atom stereocenters. The van der Waals surface area contributed by atoms with Gasteiger partial charge in [0.1, 0.15) is 0 Å². The van der Waals surface area contributed by atoms with E-state index in [9.17, 15) is 9.59 Å². The lowest BCUT2D eigenvalue weighted by Crippen LogP contribution is -2.20. The molecular weight excluding hydrogens is 204 g/mol. The summed E-state index contributed by atoms with van der Waals surface area (Å²) in [5.74, 6) is -0.613. The molecule has 0 rings (SSSR count). The van der Waals surface area contributed by atoms with Gasteiger partial charge in [-0.15, -0.1) is 12.6 Å². The zero-order valence-corrected chi connectivity index (χ0v) is 8.64. The molecule has 14 heavy (non-hydrogen) atoms. The van der Waals surface area contributed by atoms with Crippen LogP contribution in [0.25, 0.3) is 0 Å².